The highest BCUT2D eigenvalue weighted by atomic mass is 32.2. The number of thioether (sulfide) groups is 1. The molecule has 0 spiro atoms. The zero-order valence-electron chi connectivity index (χ0n) is 17.5. The average molecular weight is 488 g/mol. The number of fused-ring (bicyclic) bond motifs is 1. The van der Waals surface area contributed by atoms with Crippen LogP contribution in [-0.4, -0.2) is 44.0 Å². The number of aromatic nitrogens is 4. The molecule has 0 aliphatic carbocycles. The van der Waals surface area contributed by atoms with Crippen LogP contribution in [0.3, 0.4) is 0 Å². The number of amides is 1. The Labute approximate surface area is 197 Å². The molecule has 8 nitrogen and oxygen atoms in total. The summed E-state index contributed by atoms with van der Waals surface area (Å²) in [5.74, 6) is 0.450. The van der Waals surface area contributed by atoms with Gasteiger partial charge in [-0.3, -0.25) is 9.59 Å². The number of anilines is 1. The van der Waals surface area contributed by atoms with Gasteiger partial charge in [0.2, 0.25) is 5.91 Å². The quantitative estimate of drug-likeness (QED) is 0.275. The van der Waals surface area contributed by atoms with Crippen molar-refractivity contribution in [2.45, 2.75) is 32.0 Å². The number of benzene rings is 1. The number of hydrogen-bond acceptors (Lipinski definition) is 9. The monoisotopic (exact) mass is 487 g/mol. The Morgan fingerprint density at radius 3 is 2.81 bits per heavy atom. The van der Waals surface area contributed by atoms with Gasteiger partial charge in [-0.15, -0.1) is 32.9 Å². The molecule has 1 aromatic carbocycles. The molecule has 0 aliphatic heterocycles. The number of carbonyl (C=O) groups excluding carboxylic acids is 2. The lowest BCUT2D eigenvalue weighted by Gasteiger charge is -2.07. The summed E-state index contributed by atoms with van der Waals surface area (Å²) in [4.78, 5) is 28.2. The second-order valence-corrected chi connectivity index (χ2v) is 9.37. The number of carbonyl (C=O) groups is 2. The van der Waals surface area contributed by atoms with Gasteiger partial charge in [-0.2, -0.15) is 0 Å². The molecule has 0 aliphatic rings. The standard InChI is InChI=1S/C21H21N5O3S3/c1-3-26-19(15-11-30-16-8-6-5-7-14(15)16)24-25-21(26)32-12-17(27)23-20-22-13(10-31-20)9-18(28)29-4-2/h5-8,10-11H,3-4,9,12H2,1-2H3,(H,22,23,27). The van der Waals surface area contributed by atoms with Crippen LogP contribution in [0.2, 0.25) is 0 Å². The fourth-order valence-corrected chi connectivity index (χ4v) is 5.59. The van der Waals surface area contributed by atoms with Crippen molar-refractivity contribution in [2.75, 3.05) is 17.7 Å². The highest BCUT2D eigenvalue weighted by Gasteiger charge is 2.18. The molecule has 32 heavy (non-hydrogen) atoms. The van der Waals surface area contributed by atoms with Crippen molar-refractivity contribution < 1.29 is 14.3 Å². The first kappa shape index (κ1) is 22.4. The second-order valence-electron chi connectivity index (χ2n) is 6.66. The number of ether oxygens (including phenoxy) is 1. The van der Waals surface area contributed by atoms with Crippen LogP contribution in [0.1, 0.15) is 19.5 Å². The van der Waals surface area contributed by atoms with Gasteiger partial charge >= 0.3 is 5.97 Å². The van der Waals surface area contributed by atoms with Crippen LogP contribution in [0.5, 0.6) is 0 Å². The topological polar surface area (TPSA) is 99.0 Å². The summed E-state index contributed by atoms with van der Waals surface area (Å²) in [6.07, 6.45) is 0.0919. The highest BCUT2D eigenvalue weighted by Crippen LogP contribution is 2.34. The lowest BCUT2D eigenvalue weighted by molar-refractivity contribution is -0.142. The van der Waals surface area contributed by atoms with Crippen LogP contribution in [0.25, 0.3) is 21.5 Å². The zero-order chi connectivity index (χ0) is 22.5. The third-order valence-electron chi connectivity index (χ3n) is 4.52. The summed E-state index contributed by atoms with van der Waals surface area (Å²) in [5.41, 5.74) is 1.63. The molecular formula is C21H21N5O3S3. The van der Waals surface area contributed by atoms with E-state index in [0.717, 1.165) is 16.8 Å². The molecule has 4 rings (SSSR count). The molecule has 4 aromatic rings. The summed E-state index contributed by atoms with van der Waals surface area (Å²) < 4.78 is 8.14. The van der Waals surface area contributed by atoms with Gasteiger partial charge in [0, 0.05) is 33.0 Å². The Hall–Kier alpha value is -2.76. The normalized spacial score (nSPS) is 11.1. The van der Waals surface area contributed by atoms with E-state index in [0.29, 0.717) is 29.1 Å². The summed E-state index contributed by atoms with van der Waals surface area (Å²) in [6, 6.07) is 8.21. The van der Waals surface area contributed by atoms with E-state index in [1.165, 1.54) is 27.8 Å². The Balaban J connectivity index is 1.40. The van der Waals surface area contributed by atoms with Crippen LogP contribution < -0.4 is 5.32 Å². The van der Waals surface area contributed by atoms with Crippen molar-refractivity contribution in [1.82, 2.24) is 19.7 Å². The van der Waals surface area contributed by atoms with Crippen LogP contribution in [0.4, 0.5) is 5.13 Å². The average Bonchev–Trinajstić information content (AvgIpc) is 3.50. The van der Waals surface area contributed by atoms with Gasteiger partial charge in [-0.05, 0) is 19.9 Å². The van der Waals surface area contributed by atoms with E-state index in [1.807, 2.05) is 23.6 Å². The van der Waals surface area contributed by atoms with Gasteiger partial charge in [0.05, 0.1) is 24.5 Å². The van der Waals surface area contributed by atoms with Gasteiger partial charge in [-0.1, -0.05) is 30.0 Å². The number of nitrogens with one attached hydrogen (secondary N) is 1. The number of rotatable bonds is 9. The van der Waals surface area contributed by atoms with E-state index in [9.17, 15) is 9.59 Å². The summed E-state index contributed by atoms with van der Waals surface area (Å²) in [5, 5.41) is 17.6. The number of esters is 1. The van der Waals surface area contributed by atoms with E-state index in [4.69, 9.17) is 4.74 Å². The van der Waals surface area contributed by atoms with Crippen molar-refractivity contribution in [3.05, 3.63) is 40.7 Å². The van der Waals surface area contributed by atoms with E-state index in [1.54, 1.807) is 23.6 Å². The molecule has 0 saturated carbocycles. The minimum atomic E-state index is -0.334. The van der Waals surface area contributed by atoms with E-state index < -0.39 is 0 Å². The lowest BCUT2D eigenvalue weighted by atomic mass is 10.1. The fraction of sp³-hybridized carbons (Fsp3) is 0.286. The maximum absolute atomic E-state index is 12.4. The van der Waals surface area contributed by atoms with Crippen molar-refractivity contribution >= 4 is 61.5 Å². The van der Waals surface area contributed by atoms with Gasteiger partial charge in [0.25, 0.3) is 0 Å². The molecule has 0 atom stereocenters. The van der Waals surface area contributed by atoms with Crippen LogP contribution >= 0.6 is 34.4 Å². The van der Waals surface area contributed by atoms with Crippen molar-refractivity contribution in [1.29, 1.82) is 0 Å². The first-order valence-electron chi connectivity index (χ1n) is 10.0. The fourth-order valence-electron chi connectivity index (χ4n) is 3.12. The van der Waals surface area contributed by atoms with E-state index >= 15 is 0 Å². The SMILES string of the molecule is CCOC(=O)Cc1csc(NC(=O)CSc2nnc(-c3csc4ccccc34)n2CC)n1. The van der Waals surface area contributed by atoms with Gasteiger partial charge in [0.1, 0.15) is 0 Å². The van der Waals surface area contributed by atoms with Gasteiger partial charge in [0.15, 0.2) is 16.1 Å². The summed E-state index contributed by atoms with van der Waals surface area (Å²) in [7, 11) is 0. The molecule has 0 unspecified atom stereocenters. The molecule has 1 amide bonds. The third kappa shape index (κ3) is 5.00. The van der Waals surface area contributed by atoms with Gasteiger partial charge in [-0.25, -0.2) is 4.98 Å². The van der Waals surface area contributed by atoms with Crippen LogP contribution in [-0.2, 0) is 27.3 Å². The molecule has 0 fully saturated rings. The van der Waals surface area contributed by atoms with Crippen molar-refractivity contribution in [3.63, 3.8) is 0 Å². The molecule has 0 bridgehead atoms. The van der Waals surface area contributed by atoms with Crippen molar-refractivity contribution in [2.24, 2.45) is 0 Å². The predicted molar refractivity (Wildman–Crippen MR) is 128 cm³/mol. The molecule has 3 aromatic heterocycles. The molecule has 166 valence electrons. The minimum absolute atomic E-state index is 0.0919. The number of thiazole rings is 1. The lowest BCUT2D eigenvalue weighted by Crippen LogP contribution is -2.15. The first-order chi connectivity index (χ1) is 15.6. The van der Waals surface area contributed by atoms with Gasteiger partial charge < -0.3 is 14.6 Å². The Morgan fingerprint density at radius 1 is 1.16 bits per heavy atom. The Bertz CT molecular complexity index is 1250. The molecule has 0 saturated heterocycles. The Kier molecular flexibility index (Phi) is 7.18. The molecule has 1 N–H and O–H groups in total. The highest BCUT2D eigenvalue weighted by molar-refractivity contribution is 7.99. The minimum Gasteiger partial charge on any atom is -0.466 e. The first-order valence-corrected chi connectivity index (χ1v) is 12.8. The molecule has 11 heteroatoms. The summed E-state index contributed by atoms with van der Waals surface area (Å²) in [6.45, 7) is 4.82. The molecule has 0 radical (unpaired) electrons. The summed E-state index contributed by atoms with van der Waals surface area (Å²) >= 11 is 4.29. The zero-order valence-corrected chi connectivity index (χ0v) is 20.0. The second kappa shape index (κ2) is 10.2. The number of nitrogens with zero attached hydrogens (tertiary/aromatic N) is 4. The molecule has 3 heterocycles. The molecular weight excluding hydrogens is 466 g/mol. The maximum Gasteiger partial charge on any atom is 0.311 e. The van der Waals surface area contributed by atoms with Crippen molar-refractivity contribution in [3.8, 4) is 11.4 Å². The largest absolute Gasteiger partial charge is 0.466 e. The van der Waals surface area contributed by atoms with Crippen LogP contribution in [0.15, 0.2) is 40.2 Å². The van der Waals surface area contributed by atoms with E-state index in [-0.39, 0.29) is 24.1 Å². The van der Waals surface area contributed by atoms with E-state index in [2.05, 4.69) is 38.0 Å². The smallest absolute Gasteiger partial charge is 0.311 e. The van der Waals surface area contributed by atoms with Crippen LogP contribution in [0, 0.1) is 0 Å². The number of hydrogen-bond donors (Lipinski definition) is 1. The predicted octanol–water partition coefficient (Wildman–Crippen LogP) is 4.47. The number of thiophene rings is 1. The Morgan fingerprint density at radius 2 is 2.00 bits per heavy atom. The maximum atomic E-state index is 12.4. The third-order valence-corrected chi connectivity index (χ3v) is 7.25.